The van der Waals surface area contributed by atoms with Gasteiger partial charge in [0.1, 0.15) is 0 Å². The van der Waals surface area contributed by atoms with Gasteiger partial charge in [0.2, 0.25) is 0 Å². The predicted molar refractivity (Wildman–Crippen MR) is 65.5 cm³/mol. The summed E-state index contributed by atoms with van der Waals surface area (Å²) in [6, 6.07) is 5.46. The number of carboxylic acids is 1. The molecule has 1 aromatic carbocycles. The molecule has 92 valence electrons. The van der Waals surface area contributed by atoms with Crippen molar-refractivity contribution in [2.45, 2.75) is 19.9 Å². The lowest BCUT2D eigenvalue weighted by molar-refractivity contribution is -0.141. The molecule has 0 radical (unpaired) electrons. The van der Waals surface area contributed by atoms with Crippen LogP contribution < -0.4 is 4.90 Å². The van der Waals surface area contributed by atoms with Gasteiger partial charge in [-0.25, -0.2) is 4.79 Å². The van der Waals surface area contributed by atoms with Crippen LogP contribution >= 0.6 is 0 Å². The van der Waals surface area contributed by atoms with E-state index in [2.05, 4.69) is 0 Å². The third-order valence-electron chi connectivity index (χ3n) is 3.24. The van der Waals surface area contributed by atoms with Gasteiger partial charge in [0.25, 0.3) is 0 Å². The molecule has 1 fully saturated rings. The quantitative estimate of drug-likeness (QED) is 0.845. The summed E-state index contributed by atoms with van der Waals surface area (Å²) in [4.78, 5) is 13.1. The van der Waals surface area contributed by atoms with Gasteiger partial charge in [-0.05, 0) is 37.1 Å². The number of hydrogen-bond donors (Lipinski definition) is 1. The van der Waals surface area contributed by atoms with Crippen LogP contribution in [0.3, 0.4) is 0 Å². The fraction of sp³-hybridized carbons (Fsp3) is 0.462. The van der Waals surface area contributed by atoms with Crippen molar-refractivity contribution in [3.05, 3.63) is 29.3 Å². The molecule has 4 nitrogen and oxygen atoms in total. The molecule has 0 amide bonds. The summed E-state index contributed by atoms with van der Waals surface area (Å²) >= 11 is 0. The molecule has 1 aromatic rings. The Hall–Kier alpha value is -1.55. The molecule has 0 spiro atoms. The number of aryl methyl sites for hydroxylation is 2. The minimum absolute atomic E-state index is 0.252. The molecule has 0 aromatic heterocycles. The standard InChI is InChI=1S/C13H17NO3/c1-9-3-4-11(7-10(9)2)14-5-6-17-8-12(14)13(15)16/h3-4,7,12H,5-6,8H2,1-2H3,(H,15,16). The Labute approximate surface area is 101 Å². The van der Waals surface area contributed by atoms with Gasteiger partial charge < -0.3 is 14.7 Å². The Morgan fingerprint density at radius 1 is 1.41 bits per heavy atom. The number of carbonyl (C=O) groups is 1. The molecule has 0 bridgehead atoms. The second-order valence-corrected chi connectivity index (χ2v) is 4.39. The third-order valence-corrected chi connectivity index (χ3v) is 3.24. The Kier molecular flexibility index (Phi) is 3.33. The zero-order valence-corrected chi connectivity index (χ0v) is 10.1. The van der Waals surface area contributed by atoms with E-state index in [0.29, 0.717) is 13.2 Å². The van der Waals surface area contributed by atoms with E-state index in [1.807, 2.05) is 36.9 Å². The van der Waals surface area contributed by atoms with Gasteiger partial charge in [-0.15, -0.1) is 0 Å². The number of ether oxygens (including phenoxy) is 1. The number of morpholine rings is 1. The van der Waals surface area contributed by atoms with Crippen molar-refractivity contribution >= 4 is 11.7 Å². The summed E-state index contributed by atoms with van der Waals surface area (Å²) in [5.74, 6) is -0.831. The number of carboxylic acid groups (broad SMARTS) is 1. The molecule has 0 saturated carbocycles. The van der Waals surface area contributed by atoms with Crippen molar-refractivity contribution < 1.29 is 14.6 Å². The van der Waals surface area contributed by atoms with Gasteiger partial charge in [0, 0.05) is 12.2 Å². The van der Waals surface area contributed by atoms with Crippen LogP contribution in [0.2, 0.25) is 0 Å². The normalized spacial score (nSPS) is 20.4. The summed E-state index contributed by atoms with van der Waals surface area (Å²) in [7, 11) is 0. The molecule has 17 heavy (non-hydrogen) atoms. The van der Waals surface area contributed by atoms with E-state index in [4.69, 9.17) is 4.74 Å². The maximum Gasteiger partial charge on any atom is 0.328 e. The Morgan fingerprint density at radius 2 is 2.18 bits per heavy atom. The second-order valence-electron chi connectivity index (χ2n) is 4.39. The molecule has 1 unspecified atom stereocenters. The molecular formula is C13H17NO3. The number of hydrogen-bond acceptors (Lipinski definition) is 3. The molecule has 1 N–H and O–H groups in total. The van der Waals surface area contributed by atoms with E-state index in [1.54, 1.807) is 0 Å². The first kappa shape index (κ1) is 11.9. The zero-order valence-electron chi connectivity index (χ0n) is 10.1. The van der Waals surface area contributed by atoms with E-state index in [1.165, 1.54) is 11.1 Å². The molecule has 2 rings (SSSR count). The number of rotatable bonds is 2. The first-order chi connectivity index (χ1) is 8.09. The van der Waals surface area contributed by atoms with Crippen molar-refractivity contribution in [2.24, 2.45) is 0 Å². The molecule has 4 heteroatoms. The minimum Gasteiger partial charge on any atom is -0.480 e. The highest BCUT2D eigenvalue weighted by Crippen LogP contribution is 2.22. The molecule has 1 heterocycles. The topological polar surface area (TPSA) is 49.8 Å². The summed E-state index contributed by atoms with van der Waals surface area (Å²) in [6.07, 6.45) is 0. The SMILES string of the molecule is Cc1ccc(N2CCOCC2C(=O)O)cc1C. The van der Waals surface area contributed by atoms with Crippen molar-refractivity contribution in [3.8, 4) is 0 Å². The predicted octanol–water partition coefficient (Wildman–Crippen LogP) is 1.59. The van der Waals surface area contributed by atoms with Crippen molar-refractivity contribution in [2.75, 3.05) is 24.7 Å². The number of aliphatic carboxylic acids is 1. The molecule has 1 atom stereocenters. The summed E-state index contributed by atoms with van der Waals surface area (Å²) in [5, 5.41) is 9.17. The molecule has 1 aliphatic heterocycles. The van der Waals surface area contributed by atoms with Crippen LogP contribution in [0.25, 0.3) is 0 Å². The van der Waals surface area contributed by atoms with E-state index < -0.39 is 12.0 Å². The Morgan fingerprint density at radius 3 is 2.82 bits per heavy atom. The highest BCUT2D eigenvalue weighted by atomic mass is 16.5. The van der Waals surface area contributed by atoms with Gasteiger partial charge in [0.15, 0.2) is 6.04 Å². The summed E-state index contributed by atoms with van der Waals surface area (Å²) < 4.78 is 5.23. The number of nitrogens with zero attached hydrogens (tertiary/aromatic N) is 1. The van der Waals surface area contributed by atoms with Crippen LogP contribution in [-0.2, 0) is 9.53 Å². The van der Waals surface area contributed by atoms with Gasteiger partial charge in [-0.2, -0.15) is 0 Å². The minimum atomic E-state index is -0.831. The zero-order chi connectivity index (χ0) is 12.4. The van der Waals surface area contributed by atoms with Crippen molar-refractivity contribution in [1.29, 1.82) is 0 Å². The second kappa shape index (κ2) is 4.75. The first-order valence-electron chi connectivity index (χ1n) is 5.74. The Balaban J connectivity index is 2.29. The van der Waals surface area contributed by atoms with Gasteiger partial charge >= 0.3 is 5.97 Å². The molecular weight excluding hydrogens is 218 g/mol. The maximum absolute atomic E-state index is 11.2. The van der Waals surface area contributed by atoms with E-state index in [0.717, 1.165) is 5.69 Å². The highest BCUT2D eigenvalue weighted by Gasteiger charge is 2.29. The van der Waals surface area contributed by atoms with E-state index in [-0.39, 0.29) is 6.61 Å². The average molecular weight is 235 g/mol. The fourth-order valence-corrected chi connectivity index (χ4v) is 2.02. The van der Waals surface area contributed by atoms with Crippen LogP contribution in [0.15, 0.2) is 18.2 Å². The lowest BCUT2D eigenvalue weighted by Crippen LogP contribution is -2.50. The lowest BCUT2D eigenvalue weighted by Gasteiger charge is -2.35. The first-order valence-corrected chi connectivity index (χ1v) is 5.74. The van der Waals surface area contributed by atoms with Gasteiger partial charge in [-0.3, -0.25) is 0 Å². The van der Waals surface area contributed by atoms with Crippen LogP contribution in [0.1, 0.15) is 11.1 Å². The van der Waals surface area contributed by atoms with Crippen LogP contribution in [0.4, 0.5) is 5.69 Å². The molecule has 1 saturated heterocycles. The largest absolute Gasteiger partial charge is 0.480 e. The lowest BCUT2D eigenvalue weighted by atomic mass is 10.1. The van der Waals surface area contributed by atoms with Crippen molar-refractivity contribution in [3.63, 3.8) is 0 Å². The maximum atomic E-state index is 11.2. The Bertz CT molecular complexity index is 431. The van der Waals surface area contributed by atoms with Gasteiger partial charge in [-0.1, -0.05) is 6.07 Å². The van der Waals surface area contributed by atoms with Crippen molar-refractivity contribution in [1.82, 2.24) is 0 Å². The van der Waals surface area contributed by atoms with Crippen LogP contribution in [0, 0.1) is 13.8 Å². The third kappa shape index (κ3) is 2.42. The van der Waals surface area contributed by atoms with Crippen LogP contribution in [-0.4, -0.2) is 36.9 Å². The number of benzene rings is 1. The van der Waals surface area contributed by atoms with E-state index >= 15 is 0 Å². The summed E-state index contributed by atoms with van der Waals surface area (Å²) in [5.41, 5.74) is 3.36. The van der Waals surface area contributed by atoms with Crippen LogP contribution in [0.5, 0.6) is 0 Å². The monoisotopic (exact) mass is 235 g/mol. The number of anilines is 1. The average Bonchev–Trinajstić information content (AvgIpc) is 2.32. The van der Waals surface area contributed by atoms with Gasteiger partial charge in [0.05, 0.1) is 13.2 Å². The molecule has 1 aliphatic rings. The fourth-order valence-electron chi connectivity index (χ4n) is 2.02. The smallest absolute Gasteiger partial charge is 0.328 e. The van der Waals surface area contributed by atoms with E-state index in [9.17, 15) is 9.90 Å². The summed E-state index contributed by atoms with van der Waals surface area (Å²) in [6.45, 7) is 5.54. The molecule has 0 aliphatic carbocycles. The highest BCUT2D eigenvalue weighted by molar-refractivity contribution is 5.78.